The van der Waals surface area contributed by atoms with Gasteiger partial charge in [0.2, 0.25) is 0 Å². The summed E-state index contributed by atoms with van der Waals surface area (Å²) in [6, 6.07) is 1.01. The first kappa shape index (κ1) is 11.6. The molecule has 2 unspecified atom stereocenters. The number of nitrogens with two attached hydrogens (primary N) is 1. The highest BCUT2D eigenvalue weighted by Crippen LogP contribution is 2.37. The van der Waals surface area contributed by atoms with Gasteiger partial charge in [0.25, 0.3) is 0 Å². The highest BCUT2D eigenvalue weighted by atomic mass is 15.2. The largest absolute Gasteiger partial charge is 0.336 e. The van der Waals surface area contributed by atoms with Gasteiger partial charge in [-0.15, -0.1) is 0 Å². The molecule has 4 heteroatoms. The first-order valence-electron chi connectivity index (χ1n) is 6.07. The topological polar surface area (TPSA) is 47.1 Å². The van der Waals surface area contributed by atoms with Crippen molar-refractivity contribution < 1.29 is 0 Å². The summed E-state index contributed by atoms with van der Waals surface area (Å²) >= 11 is 0. The number of rotatable bonds is 3. The molecule has 0 radical (unpaired) electrons. The van der Waals surface area contributed by atoms with Crippen molar-refractivity contribution in [2.45, 2.75) is 32.4 Å². The summed E-state index contributed by atoms with van der Waals surface area (Å²) in [5, 5.41) is 0. The van der Waals surface area contributed by atoms with Gasteiger partial charge in [-0.2, -0.15) is 0 Å². The third-order valence-electron chi connectivity index (χ3n) is 3.68. The summed E-state index contributed by atoms with van der Waals surface area (Å²) in [4.78, 5) is 6.76. The Morgan fingerprint density at radius 3 is 2.81 bits per heavy atom. The van der Waals surface area contributed by atoms with E-state index >= 15 is 0 Å². The van der Waals surface area contributed by atoms with Crippen molar-refractivity contribution >= 4 is 0 Å². The van der Waals surface area contributed by atoms with Crippen LogP contribution in [0.1, 0.15) is 32.0 Å². The van der Waals surface area contributed by atoms with E-state index in [0.29, 0.717) is 18.0 Å². The van der Waals surface area contributed by atoms with E-state index in [4.69, 9.17) is 5.73 Å². The van der Waals surface area contributed by atoms with Crippen molar-refractivity contribution in [2.75, 3.05) is 13.1 Å². The molecule has 2 heterocycles. The van der Waals surface area contributed by atoms with Crippen LogP contribution >= 0.6 is 0 Å². The van der Waals surface area contributed by atoms with Crippen molar-refractivity contribution in [1.82, 2.24) is 14.5 Å². The minimum atomic E-state index is 0.442. The molecule has 0 spiro atoms. The fourth-order valence-electron chi connectivity index (χ4n) is 2.77. The van der Waals surface area contributed by atoms with Crippen molar-refractivity contribution in [2.24, 2.45) is 18.7 Å². The average Bonchev–Trinajstić information content (AvgIpc) is 2.82. The Labute approximate surface area is 97.4 Å². The van der Waals surface area contributed by atoms with Crippen molar-refractivity contribution in [3.05, 3.63) is 18.2 Å². The van der Waals surface area contributed by atoms with E-state index in [2.05, 4.69) is 35.3 Å². The summed E-state index contributed by atoms with van der Waals surface area (Å²) in [6.07, 6.45) is 5.05. The molecule has 1 saturated heterocycles. The number of nitrogens with zero attached hydrogens (tertiary/aromatic N) is 3. The predicted octanol–water partition coefficient (Wildman–Crippen LogP) is 1.15. The highest BCUT2D eigenvalue weighted by molar-refractivity contribution is 5.10. The van der Waals surface area contributed by atoms with Crippen LogP contribution in [0.25, 0.3) is 0 Å². The van der Waals surface area contributed by atoms with Crippen LogP contribution in [0.2, 0.25) is 0 Å². The first-order chi connectivity index (χ1) is 7.65. The quantitative estimate of drug-likeness (QED) is 0.834. The summed E-state index contributed by atoms with van der Waals surface area (Å²) in [7, 11) is 2.06. The predicted molar refractivity (Wildman–Crippen MR) is 65.0 cm³/mol. The molecule has 0 aliphatic carbocycles. The Morgan fingerprint density at radius 1 is 1.56 bits per heavy atom. The third kappa shape index (κ3) is 1.87. The number of hydrogen-bond donors (Lipinski definition) is 1. The number of hydrogen-bond acceptors (Lipinski definition) is 3. The van der Waals surface area contributed by atoms with Crippen molar-refractivity contribution in [3.8, 4) is 0 Å². The van der Waals surface area contributed by atoms with Crippen LogP contribution < -0.4 is 5.73 Å². The molecule has 2 N–H and O–H groups in total. The van der Waals surface area contributed by atoms with Gasteiger partial charge >= 0.3 is 0 Å². The van der Waals surface area contributed by atoms with Crippen LogP contribution in [0, 0.1) is 5.92 Å². The van der Waals surface area contributed by atoms with Crippen molar-refractivity contribution in [3.63, 3.8) is 0 Å². The molecule has 0 aromatic carbocycles. The molecular weight excluding hydrogens is 200 g/mol. The number of aromatic nitrogens is 2. The molecule has 1 aromatic heterocycles. The lowest BCUT2D eigenvalue weighted by atomic mass is 9.97. The smallest absolute Gasteiger partial charge is 0.0946 e. The molecule has 16 heavy (non-hydrogen) atoms. The fourth-order valence-corrected chi connectivity index (χ4v) is 2.77. The lowest BCUT2D eigenvalue weighted by Crippen LogP contribution is -2.34. The standard InChI is InChI=1S/C12H22N4/c1-9(2)16-5-4-10(6-13)12(16)11-7-14-8-15(11)3/h7-10,12H,4-6,13H2,1-3H3. The molecule has 2 atom stereocenters. The maximum absolute atomic E-state index is 5.89. The lowest BCUT2D eigenvalue weighted by molar-refractivity contribution is 0.178. The molecule has 1 aromatic rings. The van der Waals surface area contributed by atoms with E-state index in [1.54, 1.807) is 0 Å². The van der Waals surface area contributed by atoms with E-state index < -0.39 is 0 Å². The van der Waals surface area contributed by atoms with E-state index in [1.807, 2.05) is 12.5 Å². The van der Waals surface area contributed by atoms with Gasteiger partial charge in [0.1, 0.15) is 0 Å². The second-order valence-electron chi connectivity index (χ2n) is 4.99. The zero-order valence-corrected chi connectivity index (χ0v) is 10.4. The molecule has 0 saturated carbocycles. The van der Waals surface area contributed by atoms with E-state index in [-0.39, 0.29) is 0 Å². The maximum atomic E-state index is 5.89. The van der Waals surface area contributed by atoms with Gasteiger partial charge < -0.3 is 10.3 Å². The van der Waals surface area contributed by atoms with Gasteiger partial charge in [-0.1, -0.05) is 0 Å². The minimum absolute atomic E-state index is 0.442. The molecular formula is C12H22N4. The number of likely N-dealkylation sites (tertiary alicyclic amines) is 1. The van der Waals surface area contributed by atoms with Gasteiger partial charge in [-0.3, -0.25) is 4.90 Å². The van der Waals surface area contributed by atoms with E-state index in [0.717, 1.165) is 13.1 Å². The third-order valence-corrected chi connectivity index (χ3v) is 3.68. The van der Waals surface area contributed by atoms with Gasteiger partial charge in [-0.05, 0) is 39.3 Å². The highest BCUT2D eigenvalue weighted by Gasteiger charge is 2.37. The summed E-state index contributed by atoms with van der Waals surface area (Å²) in [6.45, 7) is 6.42. The van der Waals surface area contributed by atoms with Crippen molar-refractivity contribution in [1.29, 1.82) is 0 Å². The SMILES string of the molecule is CC(C)N1CCC(CN)C1c1cncn1C. The van der Waals surface area contributed by atoms with E-state index in [1.165, 1.54) is 12.1 Å². The minimum Gasteiger partial charge on any atom is -0.336 e. The molecule has 1 aliphatic rings. The summed E-state index contributed by atoms with van der Waals surface area (Å²) < 4.78 is 2.12. The van der Waals surface area contributed by atoms with Gasteiger partial charge in [0.05, 0.1) is 18.1 Å². The van der Waals surface area contributed by atoms with Crippen LogP contribution in [0.3, 0.4) is 0 Å². The van der Waals surface area contributed by atoms with Crippen LogP contribution in [-0.4, -0.2) is 33.6 Å². The number of aryl methyl sites for hydroxylation is 1. The first-order valence-corrected chi connectivity index (χ1v) is 6.07. The zero-order chi connectivity index (χ0) is 11.7. The second-order valence-corrected chi connectivity index (χ2v) is 4.99. The maximum Gasteiger partial charge on any atom is 0.0946 e. The zero-order valence-electron chi connectivity index (χ0n) is 10.4. The fraction of sp³-hybridized carbons (Fsp3) is 0.750. The van der Waals surface area contributed by atoms with E-state index in [9.17, 15) is 0 Å². The summed E-state index contributed by atoms with van der Waals surface area (Å²) in [5.74, 6) is 0.567. The second kappa shape index (κ2) is 4.55. The Kier molecular flexibility index (Phi) is 3.30. The molecule has 4 nitrogen and oxygen atoms in total. The Hall–Kier alpha value is -0.870. The Bertz CT molecular complexity index is 345. The normalized spacial score (nSPS) is 26.8. The molecule has 1 aliphatic heterocycles. The van der Waals surface area contributed by atoms with Crippen LogP contribution in [0.4, 0.5) is 0 Å². The molecule has 0 amide bonds. The number of imidazole rings is 1. The van der Waals surface area contributed by atoms with Crippen LogP contribution in [-0.2, 0) is 7.05 Å². The lowest BCUT2D eigenvalue weighted by Gasteiger charge is -2.31. The monoisotopic (exact) mass is 222 g/mol. The van der Waals surface area contributed by atoms with Gasteiger partial charge in [-0.25, -0.2) is 4.98 Å². The van der Waals surface area contributed by atoms with Gasteiger partial charge in [0.15, 0.2) is 0 Å². The Morgan fingerprint density at radius 2 is 2.31 bits per heavy atom. The average molecular weight is 222 g/mol. The van der Waals surface area contributed by atoms with Gasteiger partial charge in [0, 0.05) is 19.3 Å². The Balaban J connectivity index is 2.30. The van der Waals surface area contributed by atoms with Crippen LogP contribution in [0.15, 0.2) is 12.5 Å². The molecule has 1 fully saturated rings. The summed E-state index contributed by atoms with van der Waals surface area (Å²) in [5.41, 5.74) is 7.18. The molecule has 90 valence electrons. The molecule has 2 rings (SSSR count). The van der Waals surface area contributed by atoms with Crippen LogP contribution in [0.5, 0.6) is 0 Å². The molecule has 0 bridgehead atoms.